The molecule has 0 atom stereocenters. The summed E-state index contributed by atoms with van der Waals surface area (Å²) in [6, 6.07) is 0. The van der Waals surface area contributed by atoms with Gasteiger partial charge in [0.05, 0.1) is 0 Å². The molecule has 0 aromatic carbocycles. The molecule has 9 heavy (non-hydrogen) atoms. The average Bonchev–Trinajstić information content (AvgIpc) is 1.64. The molecule has 0 saturated heterocycles. The predicted molar refractivity (Wildman–Crippen MR) is 35.1 cm³/mol. The van der Waals surface area contributed by atoms with Crippen molar-refractivity contribution in [1.82, 2.24) is 9.80 Å². The Kier molecular flexibility index (Phi) is 6.14. The maximum absolute atomic E-state index is 7.25. The number of rotatable bonds is 0. The maximum atomic E-state index is 7.25. The number of hydrogen-bond donors (Lipinski definition) is 1. The van der Waals surface area contributed by atoms with Crippen LogP contribution >= 0.6 is 0 Å². The second-order valence-electron chi connectivity index (χ2n) is 2.11. The molecule has 0 aliphatic heterocycles. The van der Waals surface area contributed by atoms with Crippen molar-refractivity contribution in [2.45, 2.75) is 0 Å². The number of nitrogens with zero attached hydrogens (tertiary/aromatic N) is 2. The Labute approximate surface area is 69.3 Å². The summed E-state index contributed by atoms with van der Waals surface area (Å²) in [5, 5.41) is 7.25. The first-order valence-corrected chi connectivity index (χ1v) is 2.49. The smallest absolute Gasteiger partial charge is 0.192 e. The Morgan fingerprint density at radius 2 is 1.22 bits per heavy atom. The molecule has 0 saturated carbocycles. The van der Waals surface area contributed by atoms with E-state index in [1.54, 1.807) is 9.80 Å². The Hall–Kier alpha value is -0.107. The van der Waals surface area contributed by atoms with Gasteiger partial charge in [-0.05, 0) is 0 Å². The van der Waals surface area contributed by atoms with E-state index >= 15 is 0 Å². The van der Waals surface area contributed by atoms with E-state index in [1.165, 1.54) is 0 Å². The standard InChI is InChI=1S/C5H13N3.Zn/c1-7(2)5(6)8(3)4;/h6H,1-4H3;. The third-order valence-corrected chi connectivity index (χ3v) is 0.847. The van der Waals surface area contributed by atoms with Gasteiger partial charge in [-0.3, -0.25) is 5.41 Å². The Bertz CT molecular complexity index is 80.2. The third kappa shape index (κ3) is 4.40. The van der Waals surface area contributed by atoms with Crippen molar-refractivity contribution in [2.24, 2.45) is 0 Å². The Balaban J connectivity index is 0. The minimum atomic E-state index is 0. The maximum Gasteiger partial charge on any atom is 0.192 e. The molecular formula is C5H13N3Zn. The van der Waals surface area contributed by atoms with Gasteiger partial charge in [0.2, 0.25) is 0 Å². The van der Waals surface area contributed by atoms with E-state index in [0.29, 0.717) is 5.96 Å². The number of nitrogens with one attached hydrogen (secondary N) is 1. The van der Waals surface area contributed by atoms with Crippen LogP contribution in [0.5, 0.6) is 0 Å². The molecule has 0 radical (unpaired) electrons. The zero-order chi connectivity index (χ0) is 6.73. The third-order valence-electron chi connectivity index (χ3n) is 0.847. The molecule has 50 valence electrons. The molecular weight excluding hydrogens is 167 g/mol. The van der Waals surface area contributed by atoms with Gasteiger partial charge in [0.25, 0.3) is 0 Å². The van der Waals surface area contributed by atoms with Crippen LogP contribution in [-0.4, -0.2) is 44.0 Å². The summed E-state index contributed by atoms with van der Waals surface area (Å²) in [6.45, 7) is 0. The molecule has 0 rings (SSSR count). The first-order chi connectivity index (χ1) is 3.55. The molecule has 0 aliphatic carbocycles. The zero-order valence-corrected chi connectivity index (χ0v) is 9.57. The van der Waals surface area contributed by atoms with E-state index in [0.717, 1.165) is 0 Å². The van der Waals surface area contributed by atoms with Crippen LogP contribution in [0.15, 0.2) is 0 Å². The largest absolute Gasteiger partial charge is 0.349 e. The molecule has 0 spiro atoms. The van der Waals surface area contributed by atoms with Crippen molar-refractivity contribution in [1.29, 1.82) is 5.41 Å². The van der Waals surface area contributed by atoms with Crippen LogP contribution in [-0.2, 0) is 19.5 Å². The van der Waals surface area contributed by atoms with Gasteiger partial charge in [0.1, 0.15) is 0 Å². The topological polar surface area (TPSA) is 30.3 Å². The summed E-state index contributed by atoms with van der Waals surface area (Å²) in [4.78, 5) is 3.50. The summed E-state index contributed by atoms with van der Waals surface area (Å²) in [7, 11) is 7.40. The summed E-state index contributed by atoms with van der Waals surface area (Å²) in [5.41, 5.74) is 0. The Morgan fingerprint density at radius 1 is 1.00 bits per heavy atom. The molecule has 0 heterocycles. The van der Waals surface area contributed by atoms with E-state index < -0.39 is 0 Å². The van der Waals surface area contributed by atoms with Crippen LogP contribution < -0.4 is 0 Å². The van der Waals surface area contributed by atoms with Gasteiger partial charge in [-0.2, -0.15) is 0 Å². The fourth-order valence-electron chi connectivity index (χ4n) is 0.400. The van der Waals surface area contributed by atoms with E-state index in [4.69, 9.17) is 5.41 Å². The van der Waals surface area contributed by atoms with Crippen molar-refractivity contribution < 1.29 is 19.5 Å². The summed E-state index contributed by atoms with van der Waals surface area (Å²) in [6.07, 6.45) is 0. The van der Waals surface area contributed by atoms with Crippen molar-refractivity contribution >= 4 is 5.96 Å². The van der Waals surface area contributed by atoms with Gasteiger partial charge in [-0.1, -0.05) is 0 Å². The van der Waals surface area contributed by atoms with Gasteiger partial charge in [-0.25, -0.2) is 0 Å². The molecule has 0 fully saturated rings. The minimum Gasteiger partial charge on any atom is -0.349 e. The van der Waals surface area contributed by atoms with Gasteiger partial charge >= 0.3 is 0 Å². The molecule has 0 amide bonds. The second-order valence-corrected chi connectivity index (χ2v) is 2.11. The van der Waals surface area contributed by atoms with Crippen molar-refractivity contribution in [3.8, 4) is 0 Å². The molecule has 0 aromatic heterocycles. The monoisotopic (exact) mass is 179 g/mol. The van der Waals surface area contributed by atoms with Crippen LogP contribution in [0.4, 0.5) is 0 Å². The normalized spacial score (nSPS) is 7.56. The predicted octanol–water partition coefficient (Wildman–Crippen LogP) is 0.0419. The van der Waals surface area contributed by atoms with Gasteiger partial charge < -0.3 is 9.80 Å². The first-order valence-electron chi connectivity index (χ1n) is 2.49. The minimum absolute atomic E-state index is 0. The molecule has 0 unspecified atom stereocenters. The van der Waals surface area contributed by atoms with Crippen LogP contribution in [0.2, 0.25) is 0 Å². The molecule has 3 nitrogen and oxygen atoms in total. The van der Waals surface area contributed by atoms with Crippen LogP contribution in [0, 0.1) is 5.41 Å². The molecule has 1 N–H and O–H groups in total. The van der Waals surface area contributed by atoms with Crippen LogP contribution in [0.1, 0.15) is 0 Å². The van der Waals surface area contributed by atoms with E-state index in [9.17, 15) is 0 Å². The SMILES string of the molecule is CN(C)C(=N)N(C)C.[Zn]. The van der Waals surface area contributed by atoms with Gasteiger partial charge in [0, 0.05) is 47.7 Å². The van der Waals surface area contributed by atoms with Gasteiger partial charge in [0.15, 0.2) is 5.96 Å². The van der Waals surface area contributed by atoms with Crippen LogP contribution in [0.25, 0.3) is 0 Å². The molecule has 0 aromatic rings. The van der Waals surface area contributed by atoms with Crippen molar-refractivity contribution in [3.05, 3.63) is 0 Å². The summed E-state index contributed by atoms with van der Waals surface area (Å²) in [5.74, 6) is 0.519. The number of hydrogen-bond acceptors (Lipinski definition) is 1. The zero-order valence-electron chi connectivity index (χ0n) is 6.60. The van der Waals surface area contributed by atoms with Crippen molar-refractivity contribution in [3.63, 3.8) is 0 Å². The van der Waals surface area contributed by atoms with E-state index in [1.807, 2.05) is 28.2 Å². The summed E-state index contributed by atoms with van der Waals surface area (Å²) >= 11 is 0. The van der Waals surface area contributed by atoms with Crippen LogP contribution in [0.3, 0.4) is 0 Å². The van der Waals surface area contributed by atoms with Crippen molar-refractivity contribution in [2.75, 3.05) is 28.2 Å². The molecule has 4 heteroatoms. The number of guanidine groups is 1. The fraction of sp³-hybridized carbons (Fsp3) is 0.800. The van der Waals surface area contributed by atoms with E-state index in [-0.39, 0.29) is 19.5 Å². The average molecular weight is 181 g/mol. The molecule has 0 bridgehead atoms. The second kappa shape index (κ2) is 4.74. The summed E-state index contributed by atoms with van der Waals surface area (Å²) < 4.78 is 0. The molecule has 0 aliphatic rings. The van der Waals surface area contributed by atoms with Gasteiger partial charge in [-0.15, -0.1) is 0 Å². The van der Waals surface area contributed by atoms with E-state index in [2.05, 4.69) is 0 Å². The quantitative estimate of drug-likeness (QED) is 0.324. The first kappa shape index (κ1) is 11.7. The Morgan fingerprint density at radius 3 is 1.22 bits per heavy atom. The fourth-order valence-corrected chi connectivity index (χ4v) is 0.400.